The minimum Gasteiger partial charge on any atom is -0.497 e. The fraction of sp³-hybridized carbons (Fsp3) is 0.353. The summed E-state index contributed by atoms with van der Waals surface area (Å²) in [5.74, 6) is -0.360. The lowest BCUT2D eigenvalue weighted by Gasteiger charge is -2.21. The van der Waals surface area contributed by atoms with E-state index >= 15 is 0 Å². The minimum atomic E-state index is -1.09. The Morgan fingerprint density at radius 3 is 2.32 bits per heavy atom. The molecule has 1 heterocycles. The molecule has 0 saturated carbocycles. The third-order valence-corrected chi connectivity index (χ3v) is 3.60. The summed E-state index contributed by atoms with van der Waals surface area (Å²) in [6.07, 6.45) is 3.04. The van der Waals surface area contributed by atoms with E-state index < -0.39 is 18.4 Å². The Hall–Kier alpha value is -3.03. The number of carboxylic acid groups (broad SMARTS) is 1. The molecule has 0 unspecified atom stereocenters. The second-order valence-corrected chi connectivity index (χ2v) is 5.36. The highest BCUT2D eigenvalue weighted by molar-refractivity contribution is 5.95. The fourth-order valence-corrected chi connectivity index (χ4v) is 2.37. The van der Waals surface area contributed by atoms with E-state index in [9.17, 15) is 9.59 Å². The van der Waals surface area contributed by atoms with Crippen LogP contribution in [0.5, 0.6) is 11.5 Å². The highest BCUT2D eigenvalue weighted by Crippen LogP contribution is 2.23. The van der Waals surface area contributed by atoms with E-state index in [0.717, 1.165) is 0 Å². The maximum absolute atomic E-state index is 12.7. The van der Waals surface area contributed by atoms with E-state index in [-0.39, 0.29) is 6.54 Å². The van der Waals surface area contributed by atoms with Gasteiger partial charge in [0.05, 0.1) is 26.0 Å². The quantitative estimate of drug-likeness (QED) is 0.780. The van der Waals surface area contributed by atoms with Crippen LogP contribution < -0.4 is 9.47 Å². The molecule has 25 heavy (non-hydrogen) atoms. The molecule has 2 rings (SSSR count). The molecule has 0 aliphatic rings. The first kappa shape index (κ1) is 18.3. The third kappa shape index (κ3) is 4.72. The maximum atomic E-state index is 12.7. The zero-order valence-corrected chi connectivity index (χ0v) is 14.4. The van der Waals surface area contributed by atoms with Gasteiger partial charge in [0.25, 0.3) is 5.91 Å². The van der Waals surface area contributed by atoms with Crippen molar-refractivity contribution in [1.82, 2.24) is 14.7 Å². The summed E-state index contributed by atoms with van der Waals surface area (Å²) in [5.41, 5.74) is 1.05. The van der Waals surface area contributed by atoms with Crippen LogP contribution in [0.1, 0.15) is 22.8 Å². The number of hydrogen-bond acceptors (Lipinski definition) is 5. The Balaban J connectivity index is 2.28. The maximum Gasteiger partial charge on any atom is 0.323 e. The average Bonchev–Trinajstić information content (AvgIpc) is 3.08. The molecule has 0 saturated heterocycles. The van der Waals surface area contributed by atoms with Gasteiger partial charge < -0.3 is 19.5 Å². The molecule has 2 aromatic rings. The number of carbonyl (C=O) groups excluding carboxylic acids is 1. The van der Waals surface area contributed by atoms with Crippen molar-refractivity contribution in [2.45, 2.75) is 20.0 Å². The Kier molecular flexibility index (Phi) is 5.99. The minimum absolute atomic E-state index is 0.107. The Morgan fingerprint density at radius 2 is 1.84 bits per heavy atom. The van der Waals surface area contributed by atoms with Crippen molar-refractivity contribution in [1.29, 1.82) is 0 Å². The lowest BCUT2D eigenvalue weighted by molar-refractivity contribution is -0.137. The zero-order chi connectivity index (χ0) is 18.4. The molecule has 0 fully saturated rings. The van der Waals surface area contributed by atoms with Gasteiger partial charge in [-0.25, -0.2) is 0 Å². The topological polar surface area (TPSA) is 93.9 Å². The first-order chi connectivity index (χ1) is 12.0. The summed E-state index contributed by atoms with van der Waals surface area (Å²) in [5, 5.41) is 13.2. The number of ether oxygens (including phenoxy) is 2. The van der Waals surface area contributed by atoms with Crippen LogP contribution in [0, 0.1) is 0 Å². The molecular formula is C17H21N3O5. The normalized spacial score (nSPS) is 10.4. The first-order valence-corrected chi connectivity index (χ1v) is 7.72. The number of amides is 1. The monoisotopic (exact) mass is 347 g/mol. The van der Waals surface area contributed by atoms with Crippen LogP contribution in [0.15, 0.2) is 30.6 Å². The molecule has 8 nitrogen and oxygen atoms in total. The van der Waals surface area contributed by atoms with Crippen LogP contribution in [-0.2, 0) is 17.9 Å². The van der Waals surface area contributed by atoms with Crippen molar-refractivity contribution in [2.75, 3.05) is 20.8 Å². The van der Waals surface area contributed by atoms with Gasteiger partial charge in [-0.15, -0.1) is 0 Å². The largest absolute Gasteiger partial charge is 0.497 e. The average molecular weight is 347 g/mol. The predicted molar refractivity (Wildman–Crippen MR) is 89.8 cm³/mol. The number of methoxy groups -OCH3 is 2. The molecule has 0 radical (unpaired) electrons. The first-order valence-electron chi connectivity index (χ1n) is 7.72. The van der Waals surface area contributed by atoms with Gasteiger partial charge in [-0.3, -0.25) is 14.3 Å². The van der Waals surface area contributed by atoms with Gasteiger partial charge in [0, 0.05) is 25.4 Å². The van der Waals surface area contributed by atoms with Gasteiger partial charge in [-0.1, -0.05) is 0 Å². The van der Waals surface area contributed by atoms with Crippen molar-refractivity contribution in [3.05, 3.63) is 41.7 Å². The predicted octanol–water partition coefficient (Wildman–Crippen LogP) is 1.65. The molecule has 1 amide bonds. The summed E-state index contributed by atoms with van der Waals surface area (Å²) in [4.78, 5) is 25.1. The molecule has 0 bridgehead atoms. The van der Waals surface area contributed by atoms with Crippen molar-refractivity contribution >= 4 is 11.9 Å². The number of benzene rings is 1. The van der Waals surface area contributed by atoms with Crippen molar-refractivity contribution in [3.63, 3.8) is 0 Å². The molecule has 0 aliphatic heterocycles. The van der Waals surface area contributed by atoms with Crippen LogP contribution in [-0.4, -0.2) is 52.4 Å². The number of carbonyl (C=O) groups is 2. The molecule has 0 aliphatic carbocycles. The smallest absolute Gasteiger partial charge is 0.323 e. The standard InChI is InChI=1S/C17H21N3O5/c1-4-20-10-13(8-18-20)17(23)19(11-16(21)22)9-12-5-14(24-2)7-15(6-12)25-3/h5-8,10H,4,9,11H2,1-3H3,(H,21,22). The molecule has 1 N–H and O–H groups in total. The highest BCUT2D eigenvalue weighted by atomic mass is 16.5. The molecule has 134 valence electrons. The van der Waals surface area contributed by atoms with Gasteiger partial charge in [0.1, 0.15) is 18.0 Å². The number of hydrogen-bond donors (Lipinski definition) is 1. The second kappa shape index (κ2) is 8.18. The van der Waals surface area contributed by atoms with Crippen LogP contribution in [0.25, 0.3) is 0 Å². The van der Waals surface area contributed by atoms with Gasteiger partial charge in [0.2, 0.25) is 0 Å². The fourth-order valence-electron chi connectivity index (χ4n) is 2.37. The van der Waals surface area contributed by atoms with Gasteiger partial charge in [-0.05, 0) is 24.6 Å². The summed E-state index contributed by atoms with van der Waals surface area (Å²) in [6.45, 7) is 2.21. The molecule has 1 aromatic heterocycles. The van der Waals surface area contributed by atoms with E-state index in [1.807, 2.05) is 6.92 Å². The van der Waals surface area contributed by atoms with E-state index in [4.69, 9.17) is 14.6 Å². The van der Waals surface area contributed by atoms with Crippen LogP contribution in [0.3, 0.4) is 0 Å². The van der Waals surface area contributed by atoms with Crippen molar-refractivity contribution in [2.24, 2.45) is 0 Å². The summed E-state index contributed by atoms with van der Waals surface area (Å²) >= 11 is 0. The number of nitrogens with zero attached hydrogens (tertiary/aromatic N) is 3. The summed E-state index contributed by atoms with van der Waals surface area (Å²) < 4.78 is 12.0. The van der Waals surface area contributed by atoms with Crippen molar-refractivity contribution < 1.29 is 24.2 Å². The molecule has 0 atom stereocenters. The molecule has 8 heteroatoms. The number of rotatable bonds is 8. The van der Waals surface area contributed by atoms with E-state index in [1.165, 1.54) is 25.3 Å². The lowest BCUT2D eigenvalue weighted by atomic mass is 10.1. The third-order valence-electron chi connectivity index (χ3n) is 3.60. The van der Waals surface area contributed by atoms with Crippen LogP contribution >= 0.6 is 0 Å². The summed E-state index contributed by atoms with van der Waals surface area (Å²) in [7, 11) is 3.05. The van der Waals surface area contributed by atoms with E-state index in [0.29, 0.717) is 29.2 Å². The van der Waals surface area contributed by atoms with Gasteiger partial charge in [0.15, 0.2) is 0 Å². The van der Waals surface area contributed by atoms with Crippen molar-refractivity contribution in [3.8, 4) is 11.5 Å². The van der Waals surface area contributed by atoms with Crippen LogP contribution in [0.4, 0.5) is 0 Å². The van der Waals surface area contributed by atoms with E-state index in [1.54, 1.807) is 29.1 Å². The molecule has 0 spiro atoms. The number of carboxylic acids is 1. The lowest BCUT2D eigenvalue weighted by Crippen LogP contribution is -2.35. The Bertz CT molecular complexity index is 734. The molecular weight excluding hydrogens is 326 g/mol. The Labute approximate surface area is 145 Å². The zero-order valence-electron chi connectivity index (χ0n) is 14.4. The SMILES string of the molecule is CCn1cc(C(=O)N(CC(=O)O)Cc2cc(OC)cc(OC)c2)cn1. The van der Waals surface area contributed by atoms with Crippen LogP contribution in [0.2, 0.25) is 0 Å². The van der Waals surface area contributed by atoms with Gasteiger partial charge in [-0.2, -0.15) is 5.10 Å². The number of aryl methyl sites for hydroxylation is 1. The number of aliphatic carboxylic acids is 1. The number of aromatic nitrogens is 2. The summed E-state index contributed by atoms with van der Waals surface area (Å²) in [6, 6.07) is 5.18. The second-order valence-electron chi connectivity index (χ2n) is 5.36. The highest BCUT2D eigenvalue weighted by Gasteiger charge is 2.21. The molecule has 1 aromatic carbocycles. The Morgan fingerprint density at radius 1 is 1.20 bits per heavy atom. The van der Waals surface area contributed by atoms with E-state index in [2.05, 4.69) is 5.10 Å². The van der Waals surface area contributed by atoms with Gasteiger partial charge >= 0.3 is 5.97 Å².